The van der Waals surface area contributed by atoms with Gasteiger partial charge in [-0.2, -0.15) is 0 Å². The first-order chi connectivity index (χ1) is 10.3. The Bertz CT molecular complexity index is 553. The molecular formula is C13H18N2O7. The molecule has 0 unspecified atom stereocenters. The van der Waals surface area contributed by atoms with Crippen molar-refractivity contribution < 1.29 is 30.1 Å². The second-order valence-electron chi connectivity index (χ2n) is 5.16. The number of hydrogen-bond donors (Lipinski definition) is 5. The maximum Gasteiger partial charge on any atom is 0.274 e. The van der Waals surface area contributed by atoms with Gasteiger partial charge in [-0.25, -0.2) is 0 Å². The number of anilines is 1. The summed E-state index contributed by atoms with van der Waals surface area (Å²) in [6.45, 7) is 0.970. The van der Waals surface area contributed by atoms with Crippen LogP contribution in [0.15, 0.2) is 18.2 Å². The Kier molecular flexibility index (Phi) is 4.94. The lowest BCUT2D eigenvalue weighted by molar-refractivity contribution is -0.385. The summed E-state index contributed by atoms with van der Waals surface area (Å²) in [5.74, 6) is 0. The van der Waals surface area contributed by atoms with Gasteiger partial charge in [0.05, 0.1) is 11.5 Å². The predicted molar refractivity (Wildman–Crippen MR) is 75.2 cm³/mol. The van der Waals surface area contributed by atoms with E-state index >= 15 is 0 Å². The number of rotatable bonds is 5. The van der Waals surface area contributed by atoms with Gasteiger partial charge in [-0.3, -0.25) is 10.1 Å². The molecule has 2 rings (SSSR count). The van der Waals surface area contributed by atoms with Gasteiger partial charge in [-0.15, -0.1) is 0 Å². The van der Waals surface area contributed by atoms with E-state index in [0.717, 1.165) is 0 Å². The predicted octanol–water partition coefficient (Wildman–Crippen LogP) is -0.885. The summed E-state index contributed by atoms with van der Waals surface area (Å²) in [4.78, 5) is 10.4. The van der Waals surface area contributed by atoms with E-state index in [-0.39, 0.29) is 5.69 Å². The van der Waals surface area contributed by atoms with Crippen molar-refractivity contribution in [3.63, 3.8) is 0 Å². The average molecular weight is 314 g/mol. The number of nitro benzene ring substituents is 1. The normalized spacial score (nSPS) is 29.3. The second-order valence-corrected chi connectivity index (χ2v) is 5.16. The number of ether oxygens (including phenoxy) is 1. The zero-order valence-electron chi connectivity index (χ0n) is 11.8. The summed E-state index contributed by atoms with van der Waals surface area (Å²) >= 11 is 0. The lowest BCUT2D eigenvalue weighted by Crippen LogP contribution is -2.40. The Hall–Kier alpha value is -1.78. The van der Waals surface area contributed by atoms with Crippen LogP contribution < -0.4 is 5.32 Å². The van der Waals surface area contributed by atoms with E-state index in [1.54, 1.807) is 13.0 Å². The highest BCUT2D eigenvalue weighted by Gasteiger charge is 2.45. The highest BCUT2D eigenvalue weighted by Crippen LogP contribution is 2.28. The van der Waals surface area contributed by atoms with Crippen molar-refractivity contribution in [1.82, 2.24) is 0 Å². The number of nitrogens with one attached hydrogen (secondary N) is 1. The Balaban J connectivity index is 2.14. The zero-order valence-corrected chi connectivity index (χ0v) is 11.8. The Labute approximate surface area is 125 Å². The van der Waals surface area contributed by atoms with Crippen LogP contribution in [0.1, 0.15) is 5.56 Å². The van der Waals surface area contributed by atoms with Crippen LogP contribution in [0.25, 0.3) is 0 Å². The van der Waals surface area contributed by atoms with Crippen LogP contribution in [0.3, 0.4) is 0 Å². The quantitative estimate of drug-likeness (QED) is 0.348. The van der Waals surface area contributed by atoms with Crippen molar-refractivity contribution in [3.05, 3.63) is 33.9 Å². The first kappa shape index (κ1) is 16.6. The van der Waals surface area contributed by atoms with Gasteiger partial charge in [-0.1, -0.05) is 6.07 Å². The molecule has 0 aromatic heterocycles. The van der Waals surface area contributed by atoms with E-state index in [0.29, 0.717) is 11.3 Å². The third-order valence-corrected chi connectivity index (χ3v) is 3.58. The minimum atomic E-state index is -1.39. The summed E-state index contributed by atoms with van der Waals surface area (Å²) < 4.78 is 5.28. The SMILES string of the molecule is Cc1ccc(N[C@@H]2O[C@H]([C@@H](O)CO)[C@@H](O)[C@H]2O)cc1[N+](=O)[O-]. The molecule has 5 atom stereocenters. The average Bonchev–Trinajstić information content (AvgIpc) is 2.76. The van der Waals surface area contributed by atoms with E-state index in [1.807, 2.05) is 0 Å². The van der Waals surface area contributed by atoms with Crippen molar-refractivity contribution in [2.75, 3.05) is 11.9 Å². The van der Waals surface area contributed by atoms with Crippen LogP contribution in [0.4, 0.5) is 11.4 Å². The van der Waals surface area contributed by atoms with Crippen molar-refractivity contribution in [1.29, 1.82) is 0 Å². The minimum Gasteiger partial charge on any atom is -0.394 e. The second kappa shape index (κ2) is 6.55. The molecule has 9 nitrogen and oxygen atoms in total. The summed E-state index contributed by atoms with van der Waals surface area (Å²) in [6, 6.07) is 4.40. The van der Waals surface area contributed by atoms with Gasteiger partial charge in [-0.05, 0) is 13.0 Å². The fraction of sp³-hybridized carbons (Fsp3) is 0.538. The molecule has 1 aliphatic heterocycles. The largest absolute Gasteiger partial charge is 0.394 e. The standard InChI is InChI=1S/C13H18N2O7/c1-6-2-3-7(4-8(6)15(20)21)14-13-11(19)10(18)12(22-13)9(17)5-16/h2-4,9-14,16-19H,5H2,1H3/t9-,10-,11+,12+,13+/m0/s1. The lowest BCUT2D eigenvalue weighted by atomic mass is 10.1. The van der Waals surface area contributed by atoms with Crippen molar-refractivity contribution in [3.8, 4) is 0 Å². The molecule has 1 aromatic rings. The fourth-order valence-corrected chi connectivity index (χ4v) is 2.31. The van der Waals surface area contributed by atoms with Crippen molar-refractivity contribution >= 4 is 11.4 Å². The van der Waals surface area contributed by atoms with Gasteiger partial charge in [0.1, 0.15) is 24.4 Å². The molecule has 0 aliphatic carbocycles. The maximum atomic E-state index is 10.9. The molecule has 1 heterocycles. The summed E-state index contributed by atoms with van der Waals surface area (Å²) in [7, 11) is 0. The molecule has 22 heavy (non-hydrogen) atoms. The molecule has 1 aliphatic rings. The Morgan fingerprint density at radius 3 is 2.68 bits per heavy atom. The Morgan fingerprint density at radius 1 is 1.41 bits per heavy atom. The van der Waals surface area contributed by atoms with E-state index in [9.17, 15) is 25.4 Å². The van der Waals surface area contributed by atoms with Crippen molar-refractivity contribution in [2.45, 2.75) is 37.6 Å². The smallest absolute Gasteiger partial charge is 0.274 e. The molecule has 1 saturated heterocycles. The number of hydrogen-bond acceptors (Lipinski definition) is 8. The monoisotopic (exact) mass is 314 g/mol. The lowest BCUT2D eigenvalue weighted by Gasteiger charge is -2.19. The fourth-order valence-electron chi connectivity index (χ4n) is 2.31. The molecule has 0 saturated carbocycles. The molecular weight excluding hydrogens is 296 g/mol. The molecule has 0 spiro atoms. The number of aryl methyl sites for hydroxylation is 1. The van der Waals surface area contributed by atoms with Crippen LogP contribution in [-0.4, -0.2) is 62.6 Å². The number of nitrogens with zero attached hydrogens (tertiary/aromatic N) is 1. The molecule has 9 heteroatoms. The van der Waals surface area contributed by atoms with Gasteiger partial charge >= 0.3 is 0 Å². The summed E-state index contributed by atoms with van der Waals surface area (Å²) in [5, 5.41) is 51.7. The third-order valence-electron chi connectivity index (χ3n) is 3.58. The highest BCUT2D eigenvalue weighted by atomic mass is 16.6. The van der Waals surface area contributed by atoms with Gasteiger partial charge in [0.2, 0.25) is 0 Å². The van der Waals surface area contributed by atoms with E-state index < -0.39 is 42.2 Å². The maximum absolute atomic E-state index is 10.9. The molecule has 5 N–H and O–H groups in total. The van der Waals surface area contributed by atoms with Crippen LogP contribution in [-0.2, 0) is 4.74 Å². The summed E-state index contributed by atoms with van der Waals surface area (Å²) in [6.07, 6.45) is -6.31. The third kappa shape index (κ3) is 3.18. The number of nitro groups is 1. The topological polar surface area (TPSA) is 145 Å². The number of benzene rings is 1. The summed E-state index contributed by atoms with van der Waals surface area (Å²) in [5.41, 5.74) is 0.717. The van der Waals surface area contributed by atoms with Crippen LogP contribution in [0.2, 0.25) is 0 Å². The zero-order chi connectivity index (χ0) is 16.4. The number of aliphatic hydroxyl groups is 4. The van der Waals surface area contributed by atoms with Gasteiger partial charge in [0, 0.05) is 17.3 Å². The van der Waals surface area contributed by atoms with Gasteiger partial charge < -0.3 is 30.5 Å². The van der Waals surface area contributed by atoms with Crippen LogP contribution in [0, 0.1) is 17.0 Å². The molecule has 1 aromatic carbocycles. The highest BCUT2D eigenvalue weighted by molar-refractivity contribution is 5.55. The molecule has 0 amide bonds. The molecule has 122 valence electrons. The molecule has 0 bridgehead atoms. The van der Waals surface area contributed by atoms with Crippen LogP contribution >= 0.6 is 0 Å². The molecule has 1 fully saturated rings. The first-order valence-electron chi connectivity index (χ1n) is 6.67. The van der Waals surface area contributed by atoms with E-state index in [1.165, 1.54) is 12.1 Å². The molecule has 0 radical (unpaired) electrons. The van der Waals surface area contributed by atoms with Gasteiger partial charge in [0.15, 0.2) is 6.23 Å². The Morgan fingerprint density at radius 2 is 2.09 bits per heavy atom. The first-order valence-corrected chi connectivity index (χ1v) is 6.67. The van der Waals surface area contributed by atoms with Crippen LogP contribution in [0.5, 0.6) is 0 Å². The van der Waals surface area contributed by atoms with E-state index in [2.05, 4.69) is 5.32 Å². The van der Waals surface area contributed by atoms with E-state index in [4.69, 9.17) is 9.84 Å². The van der Waals surface area contributed by atoms with Gasteiger partial charge in [0.25, 0.3) is 5.69 Å². The number of aliphatic hydroxyl groups excluding tert-OH is 4. The minimum absolute atomic E-state index is 0.0926. The van der Waals surface area contributed by atoms with Crippen molar-refractivity contribution in [2.24, 2.45) is 0 Å².